The Morgan fingerprint density at radius 2 is 1.86 bits per heavy atom. The zero-order chi connectivity index (χ0) is 21.0. The van der Waals surface area contributed by atoms with Gasteiger partial charge in [-0.15, -0.1) is 0 Å². The highest BCUT2D eigenvalue weighted by molar-refractivity contribution is 6.05. The third-order valence-electron chi connectivity index (χ3n) is 4.90. The van der Waals surface area contributed by atoms with E-state index in [0.29, 0.717) is 24.3 Å². The quantitative estimate of drug-likeness (QED) is 0.846. The first-order valence-electron chi connectivity index (χ1n) is 9.20. The van der Waals surface area contributed by atoms with Gasteiger partial charge >= 0.3 is 6.18 Å². The number of alkyl halides is 3. The number of carbonyl (C=O) groups excluding carboxylic acids is 1. The molecule has 0 atom stereocenters. The normalized spacial score (nSPS) is 15.1. The summed E-state index contributed by atoms with van der Waals surface area (Å²) in [5, 5.41) is 11.1. The van der Waals surface area contributed by atoms with Crippen molar-refractivity contribution in [3.05, 3.63) is 59.2 Å². The van der Waals surface area contributed by atoms with Gasteiger partial charge in [0, 0.05) is 37.4 Å². The molecule has 1 amide bonds. The summed E-state index contributed by atoms with van der Waals surface area (Å²) in [6.45, 7) is 2.84. The second-order valence-corrected chi connectivity index (χ2v) is 7.01. The summed E-state index contributed by atoms with van der Waals surface area (Å²) in [5.41, 5.74) is 0.150. The number of carbonyl (C=O) groups is 1. The molecule has 1 aliphatic heterocycles. The van der Waals surface area contributed by atoms with Gasteiger partial charge in [-0.2, -0.15) is 18.4 Å². The summed E-state index contributed by atoms with van der Waals surface area (Å²) in [6, 6.07) is 12.3. The fraction of sp³-hybridized carbons (Fsp3) is 0.333. The van der Waals surface area contributed by atoms with Crippen LogP contribution in [-0.2, 0) is 12.6 Å². The van der Waals surface area contributed by atoms with E-state index in [-0.39, 0.29) is 17.7 Å². The van der Waals surface area contributed by atoms with Crippen LogP contribution in [0.15, 0.2) is 42.5 Å². The van der Waals surface area contributed by atoms with Crippen LogP contribution < -0.4 is 10.2 Å². The molecule has 0 saturated carbocycles. The van der Waals surface area contributed by atoms with Crippen LogP contribution in [0.2, 0.25) is 0 Å². The number of hydrogen-bond donors (Lipinski definition) is 1. The van der Waals surface area contributed by atoms with Crippen LogP contribution in [0.25, 0.3) is 0 Å². The fourth-order valence-corrected chi connectivity index (χ4v) is 3.25. The Labute approximate surface area is 167 Å². The Balaban J connectivity index is 1.86. The third kappa shape index (κ3) is 5.06. The molecule has 5 nitrogen and oxygen atoms in total. The minimum atomic E-state index is -4.60. The summed E-state index contributed by atoms with van der Waals surface area (Å²) in [4.78, 5) is 16.5. The molecule has 152 valence electrons. The SMILES string of the molecule is CN1CCN(c2ccc(NC(=O)c3cccc(CC#N)c3)c(C(F)(F)F)c2)CC1. The third-order valence-corrected chi connectivity index (χ3v) is 4.90. The number of halogens is 3. The Hall–Kier alpha value is -3.05. The number of nitrogens with zero attached hydrogens (tertiary/aromatic N) is 3. The van der Waals surface area contributed by atoms with Crippen LogP contribution in [0.4, 0.5) is 24.5 Å². The Bertz CT molecular complexity index is 928. The predicted octanol–water partition coefficient (Wildman–Crippen LogP) is 3.78. The molecule has 2 aromatic carbocycles. The average Bonchev–Trinajstić information content (AvgIpc) is 2.68. The van der Waals surface area contributed by atoms with Gasteiger partial charge in [0.2, 0.25) is 0 Å². The van der Waals surface area contributed by atoms with Gasteiger partial charge in [0.25, 0.3) is 5.91 Å². The molecule has 0 spiro atoms. The van der Waals surface area contributed by atoms with Crippen LogP contribution in [-0.4, -0.2) is 44.0 Å². The number of benzene rings is 2. The number of anilines is 2. The molecule has 0 aliphatic carbocycles. The summed E-state index contributed by atoms with van der Waals surface area (Å²) < 4.78 is 41.0. The summed E-state index contributed by atoms with van der Waals surface area (Å²) in [5.74, 6) is -0.650. The molecule has 0 aromatic heterocycles. The molecule has 1 saturated heterocycles. The van der Waals surface area contributed by atoms with E-state index in [4.69, 9.17) is 5.26 Å². The van der Waals surface area contributed by atoms with Crippen molar-refractivity contribution in [1.29, 1.82) is 5.26 Å². The Morgan fingerprint density at radius 1 is 1.14 bits per heavy atom. The van der Waals surface area contributed by atoms with E-state index in [2.05, 4.69) is 10.2 Å². The topological polar surface area (TPSA) is 59.4 Å². The van der Waals surface area contributed by atoms with Gasteiger partial charge in [0.05, 0.1) is 23.7 Å². The first-order chi connectivity index (χ1) is 13.8. The maximum atomic E-state index is 13.7. The minimum absolute atomic E-state index is 0.120. The lowest BCUT2D eigenvalue weighted by molar-refractivity contribution is -0.136. The Morgan fingerprint density at radius 3 is 2.52 bits per heavy atom. The molecule has 1 N–H and O–H groups in total. The first kappa shape index (κ1) is 20.7. The molecule has 3 rings (SSSR count). The number of likely N-dealkylation sites (N-methyl/N-ethyl adjacent to an activating group) is 1. The number of nitriles is 1. The molecule has 1 aliphatic rings. The van der Waals surface area contributed by atoms with Crippen molar-refractivity contribution >= 4 is 17.3 Å². The van der Waals surface area contributed by atoms with Crippen molar-refractivity contribution in [2.75, 3.05) is 43.4 Å². The second-order valence-electron chi connectivity index (χ2n) is 7.01. The molecule has 0 unspecified atom stereocenters. The van der Waals surface area contributed by atoms with E-state index in [1.54, 1.807) is 18.2 Å². The summed E-state index contributed by atoms with van der Waals surface area (Å²) >= 11 is 0. The smallest absolute Gasteiger partial charge is 0.369 e. The van der Waals surface area contributed by atoms with Crippen molar-refractivity contribution in [1.82, 2.24) is 4.90 Å². The lowest BCUT2D eigenvalue weighted by Gasteiger charge is -2.34. The average molecular weight is 402 g/mol. The van der Waals surface area contributed by atoms with E-state index in [1.165, 1.54) is 18.2 Å². The van der Waals surface area contributed by atoms with Crippen LogP contribution in [0.1, 0.15) is 21.5 Å². The van der Waals surface area contributed by atoms with Crippen molar-refractivity contribution in [3.63, 3.8) is 0 Å². The molecule has 0 bridgehead atoms. The van der Waals surface area contributed by atoms with Crippen LogP contribution in [0.5, 0.6) is 0 Å². The highest BCUT2D eigenvalue weighted by Crippen LogP contribution is 2.37. The number of amides is 1. The molecular formula is C21H21F3N4O. The number of piperazine rings is 1. The van der Waals surface area contributed by atoms with E-state index >= 15 is 0 Å². The number of rotatable bonds is 4. The van der Waals surface area contributed by atoms with Gasteiger partial charge < -0.3 is 15.1 Å². The maximum Gasteiger partial charge on any atom is 0.418 e. The lowest BCUT2D eigenvalue weighted by Crippen LogP contribution is -2.44. The maximum absolute atomic E-state index is 13.7. The van der Waals surface area contributed by atoms with Crippen molar-refractivity contribution in [3.8, 4) is 6.07 Å². The van der Waals surface area contributed by atoms with E-state index in [9.17, 15) is 18.0 Å². The minimum Gasteiger partial charge on any atom is -0.369 e. The lowest BCUT2D eigenvalue weighted by atomic mass is 10.1. The highest BCUT2D eigenvalue weighted by Gasteiger charge is 2.35. The molecule has 1 heterocycles. The monoisotopic (exact) mass is 402 g/mol. The largest absolute Gasteiger partial charge is 0.418 e. The molecule has 2 aromatic rings. The summed E-state index contributed by atoms with van der Waals surface area (Å²) in [7, 11) is 1.97. The number of hydrogen-bond acceptors (Lipinski definition) is 4. The van der Waals surface area contributed by atoms with E-state index < -0.39 is 17.6 Å². The molecule has 0 radical (unpaired) electrons. The second kappa shape index (κ2) is 8.53. The molecular weight excluding hydrogens is 381 g/mol. The number of nitrogens with one attached hydrogen (secondary N) is 1. The van der Waals surface area contributed by atoms with E-state index in [0.717, 1.165) is 19.2 Å². The van der Waals surface area contributed by atoms with Crippen molar-refractivity contribution in [2.45, 2.75) is 12.6 Å². The van der Waals surface area contributed by atoms with Gasteiger partial charge in [-0.25, -0.2) is 0 Å². The van der Waals surface area contributed by atoms with Crippen molar-refractivity contribution in [2.24, 2.45) is 0 Å². The molecule has 8 heteroatoms. The predicted molar refractivity (Wildman–Crippen MR) is 105 cm³/mol. The highest BCUT2D eigenvalue weighted by atomic mass is 19.4. The van der Waals surface area contributed by atoms with Gasteiger partial charge in [-0.3, -0.25) is 4.79 Å². The molecule has 1 fully saturated rings. The fourth-order valence-electron chi connectivity index (χ4n) is 3.25. The van der Waals surface area contributed by atoms with Crippen molar-refractivity contribution < 1.29 is 18.0 Å². The van der Waals surface area contributed by atoms with Gasteiger partial charge in [-0.05, 0) is 42.9 Å². The summed E-state index contributed by atoms with van der Waals surface area (Å²) in [6.07, 6.45) is -4.48. The van der Waals surface area contributed by atoms with Gasteiger partial charge in [-0.1, -0.05) is 12.1 Å². The molecule has 29 heavy (non-hydrogen) atoms. The zero-order valence-corrected chi connectivity index (χ0v) is 16.0. The standard InChI is InChI=1S/C21H21F3N4O/c1-27-9-11-28(12-10-27)17-5-6-19(18(14-17)21(22,23)24)26-20(29)16-4-2-3-15(13-16)7-8-25/h2-6,13-14H,7,9-12H2,1H3,(H,26,29). The Kier molecular flexibility index (Phi) is 6.09. The van der Waals surface area contributed by atoms with Crippen LogP contribution >= 0.6 is 0 Å². The van der Waals surface area contributed by atoms with Gasteiger partial charge in [0.15, 0.2) is 0 Å². The van der Waals surface area contributed by atoms with Gasteiger partial charge in [0.1, 0.15) is 0 Å². The van der Waals surface area contributed by atoms with Crippen LogP contribution in [0.3, 0.4) is 0 Å². The zero-order valence-electron chi connectivity index (χ0n) is 16.0. The first-order valence-corrected chi connectivity index (χ1v) is 9.20. The van der Waals surface area contributed by atoms with E-state index in [1.807, 2.05) is 18.0 Å². The van der Waals surface area contributed by atoms with Crippen LogP contribution in [0, 0.1) is 11.3 Å².